The first-order chi connectivity index (χ1) is 20.7. The first-order valence-corrected chi connectivity index (χ1v) is 14.5. The van der Waals surface area contributed by atoms with Gasteiger partial charge in [-0.25, -0.2) is 0 Å². The van der Waals surface area contributed by atoms with E-state index in [9.17, 15) is 0 Å². The van der Waals surface area contributed by atoms with Gasteiger partial charge in [0.15, 0.2) is 0 Å². The lowest BCUT2D eigenvalue weighted by atomic mass is 9.96. The zero-order valence-electron chi connectivity index (χ0n) is 23.5. The SMILES string of the molecule is Cc1ccc(-c2ccc(N(c3cc4ccccc4c4ccccc34)c3cc4ccccc4c4ccccc34)cc2)cc1. The molecule has 0 aliphatic heterocycles. The topological polar surface area (TPSA) is 3.24 Å². The van der Waals surface area contributed by atoms with Gasteiger partial charge in [0.05, 0.1) is 11.4 Å². The molecule has 0 N–H and O–H groups in total. The predicted octanol–water partition coefficient (Wildman–Crippen LogP) is 11.7. The van der Waals surface area contributed by atoms with E-state index in [4.69, 9.17) is 0 Å². The quantitative estimate of drug-likeness (QED) is 0.203. The van der Waals surface area contributed by atoms with Crippen LogP contribution >= 0.6 is 0 Å². The molecular weight excluding hydrogens is 506 g/mol. The Hall–Kier alpha value is -5.40. The molecule has 0 aliphatic carbocycles. The molecule has 0 aliphatic rings. The molecule has 0 unspecified atom stereocenters. The monoisotopic (exact) mass is 535 g/mol. The van der Waals surface area contributed by atoms with Gasteiger partial charge < -0.3 is 4.90 Å². The summed E-state index contributed by atoms with van der Waals surface area (Å²) in [6.07, 6.45) is 0. The van der Waals surface area contributed by atoms with Crippen LogP contribution in [0.15, 0.2) is 158 Å². The van der Waals surface area contributed by atoms with Crippen molar-refractivity contribution in [2.45, 2.75) is 6.92 Å². The Balaban J connectivity index is 1.44. The molecule has 0 heterocycles. The van der Waals surface area contributed by atoms with Gasteiger partial charge in [0.2, 0.25) is 0 Å². The molecule has 198 valence electrons. The van der Waals surface area contributed by atoms with Crippen LogP contribution in [0.4, 0.5) is 17.1 Å². The molecule has 8 aromatic carbocycles. The summed E-state index contributed by atoms with van der Waals surface area (Å²) in [6, 6.07) is 57.5. The van der Waals surface area contributed by atoms with Gasteiger partial charge in [0.25, 0.3) is 0 Å². The highest BCUT2D eigenvalue weighted by Gasteiger charge is 2.20. The molecule has 8 aromatic rings. The van der Waals surface area contributed by atoms with Crippen LogP contribution in [0.25, 0.3) is 54.2 Å². The Morgan fingerprint density at radius 3 is 1.21 bits per heavy atom. The largest absolute Gasteiger partial charge is 0.309 e. The average Bonchev–Trinajstić information content (AvgIpc) is 3.06. The smallest absolute Gasteiger partial charge is 0.0546 e. The fourth-order valence-corrected chi connectivity index (χ4v) is 6.40. The normalized spacial score (nSPS) is 11.5. The molecule has 0 spiro atoms. The molecule has 1 nitrogen and oxygen atoms in total. The maximum Gasteiger partial charge on any atom is 0.0546 e. The van der Waals surface area contributed by atoms with Crippen LogP contribution in [-0.2, 0) is 0 Å². The van der Waals surface area contributed by atoms with E-state index in [1.807, 2.05) is 0 Å². The second-order valence-corrected chi connectivity index (χ2v) is 11.1. The minimum atomic E-state index is 1.13. The molecule has 0 fully saturated rings. The predicted molar refractivity (Wildman–Crippen MR) is 181 cm³/mol. The summed E-state index contributed by atoms with van der Waals surface area (Å²) in [7, 11) is 0. The molecule has 0 aromatic heterocycles. The Kier molecular flexibility index (Phi) is 5.75. The number of benzene rings is 8. The van der Waals surface area contributed by atoms with Crippen LogP contribution in [0.3, 0.4) is 0 Å². The first kappa shape index (κ1) is 24.4. The Morgan fingerprint density at radius 1 is 0.357 bits per heavy atom. The van der Waals surface area contributed by atoms with E-state index in [1.165, 1.54) is 71.2 Å². The molecule has 0 amide bonds. The van der Waals surface area contributed by atoms with Crippen LogP contribution in [-0.4, -0.2) is 0 Å². The van der Waals surface area contributed by atoms with Crippen molar-refractivity contribution in [3.63, 3.8) is 0 Å². The van der Waals surface area contributed by atoms with E-state index in [2.05, 4.69) is 170 Å². The van der Waals surface area contributed by atoms with Crippen molar-refractivity contribution in [3.05, 3.63) is 163 Å². The van der Waals surface area contributed by atoms with Gasteiger partial charge in [0.1, 0.15) is 0 Å². The van der Waals surface area contributed by atoms with Gasteiger partial charge in [-0.05, 0) is 74.6 Å². The van der Waals surface area contributed by atoms with Crippen molar-refractivity contribution in [2.24, 2.45) is 0 Å². The molecule has 0 radical (unpaired) electrons. The summed E-state index contributed by atoms with van der Waals surface area (Å²) in [5, 5.41) is 10.0. The summed E-state index contributed by atoms with van der Waals surface area (Å²) in [6.45, 7) is 2.13. The van der Waals surface area contributed by atoms with Crippen LogP contribution in [0.1, 0.15) is 5.56 Å². The van der Waals surface area contributed by atoms with Gasteiger partial charge in [0, 0.05) is 16.5 Å². The summed E-state index contributed by atoms with van der Waals surface area (Å²) in [5.41, 5.74) is 7.19. The third-order valence-electron chi connectivity index (χ3n) is 8.48. The lowest BCUT2D eigenvalue weighted by molar-refractivity contribution is 1.32. The van der Waals surface area contributed by atoms with Gasteiger partial charge in [-0.1, -0.05) is 139 Å². The van der Waals surface area contributed by atoms with Gasteiger partial charge in [-0.2, -0.15) is 0 Å². The Labute approximate surface area is 245 Å². The second-order valence-electron chi connectivity index (χ2n) is 11.1. The van der Waals surface area contributed by atoms with Crippen LogP contribution < -0.4 is 4.90 Å². The highest BCUT2D eigenvalue weighted by Crippen LogP contribution is 2.46. The Morgan fingerprint density at radius 2 is 0.738 bits per heavy atom. The minimum absolute atomic E-state index is 1.13. The highest BCUT2D eigenvalue weighted by atomic mass is 15.1. The maximum atomic E-state index is 2.46. The number of hydrogen-bond donors (Lipinski definition) is 0. The molecule has 0 saturated heterocycles. The number of aryl methyl sites for hydroxylation is 1. The first-order valence-electron chi connectivity index (χ1n) is 14.5. The maximum absolute atomic E-state index is 2.46. The summed E-state index contributed by atoms with van der Waals surface area (Å²) < 4.78 is 0. The van der Waals surface area contributed by atoms with Gasteiger partial charge >= 0.3 is 0 Å². The summed E-state index contributed by atoms with van der Waals surface area (Å²) in [5.74, 6) is 0. The number of rotatable bonds is 4. The molecule has 0 atom stereocenters. The average molecular weight is 536 g/mol. The lowest BCUT2D eigenvalue weighted by Crippen LogP contribution is -2.11. The third-order valence-corrected chi connectivity index (χ3v) is 8.48. The fourth-order valence-electron chi connectivity index (χ4n) is 6.40. The minimum Gasteiger partial charge on any atom is -0.309 e. The van der Waals surface area contributed by atoms with Crippen molar-refractivity contribution < 1.29 is 0 Å². The molecule has 0 bridgehead atoms. The standard InChI is InChI=1S/C41H29N/c1-28-18-20-29(21-19-28)30-22-24-33(25-23-30)42(40-26-31-10-2-4-12-34(31)36-14-6-8-16-38(36)40)41-27-32-11-3-5-13-35(32)37-15-7-9-17-39(37)41/h2-27H,1H3. The zero-order chi connectivity index (χ0) is 28.0. The summed E-state index contributed by atoms with van der Waals surface area (Å²) >= 11 is 0. The van der Waals surface area contributed by atoms with Crippen LogP contribution in [0.2, 0.25) is 0 Å². The van der Waals surface area contributed by atoms with Crippen molar-refractivity contribution in [1.29, 1.82) is 0 Å². The lowest BCUT2D eigenvalue weighted by Gasteiger charge is -2.29. The van der Waals surface area contributed by atoms with Crippen molar-refractivity contribution in [3.8, 4) is 11.1 Å². The summed E-state index contributed by atoms with van der Waals surface area (Å²) in [4.78, 5) is 2.46. The van der Waals surface area contributed by atoms with Gasteiger partial charge in [-0.3, -0.25) is 0 Å². The number of fused-ring (bicyclic) bond motifs is 6. The van der Waals surface area contributed by atoms with E-state index in [0.717, 1.165) is 5.69 Å². The van der Waals surface area contributed by atoms with Crippen molar-refractivity contribution >= 4 is 60.2 Å². The third kappa shape index (κ3) is 4.02. The Bertz CT molecular complexity index is 2120. The zero-order valence-corrected chi connectivity index (χ0v) is 23.5. The molecular formula is C41H29N. The van der Waals surface area contributed by atoms with Gasteiger partial charge in [-0.15, -0.1) is 0 Å². The molecule has 1 heteroatoms. The number of anilines is 3. The molecule has 0 saturated carbocycles. The highest BCUT2D eigenvalue weighted by molar-refractivity contribution is 6.18. The van der Waals surface area contributed by atoms with Crippen LogP contribution in [0, 0.1) is 6.92 Å². The second kappa shape index (κ2) is 9.90. The molecule has 42 heavy (non-hydrogen) atoms. The molecule has 8 rings (SSSR count). The van der Waals surface area contributed by atoms with E-state index < -0.39 is 0 Å². The van der Waals surface area contributed by atoms with Crippen LogP contribution in [0.5, 0.6) is 0 Å². The van der Waals surface area contributed by atoms with E-state index in [-0.39, 0.29) is 0 Å². The van der Waals surface area contributed by atoms with Crippen molar-refractivity contribution in [2.75, 3.05) is 4.90 Å². The number of hydrogen-bond acceptors (Lipinski definition) is 1. The van der Waals surface area contributed by atoms with E-state index in [1.54, 1.807) is 0 Å². The van der Waals surface area contributed by atoms with Crippen molar-refractivity contribution in [1.82, 2.24) is 0 Å². The van der Waals surface area contributed by atoms with E-state index >= 15 is 0 Å². The fraction of sp³-hybridized carbons (Fsp3) is 0.0244. The number of nitrogens with zero attached hydrogens (tertiary/aromatic N) is 1. The van der Waals surface area contributed by atoms with E-state index in [0.29, 0.717) is 0 Å².